The molecule has 0 saturated carbocycles. The van der Waals surface area contributed by atoms with Gasteiger partial charge in [0.1, 0.15) is 23.4 Å². The van der Waals surface area contributed by atoms with Crippen molar-refractivity contribution in [2.45, 2.75) is 45.1 Å². The first kappa shape index (κ1) is 16.1. The van der Waals surface area contributed by atoms with Crippen LogP contribution in [0.2, 0.25) is 0 Å². The Kier molecular flexibility index (Phi) is 3.95. The lowest BCUT2D eigenvalue weighted by molar-refractivity contribution is 0.195. The van der Waals surface area contributed by atoms with Gasteiger partial charge in [0.15, 0.2) is 0 Å². The molecule has 2 aromatic carbocycles. The van der Waals surface area contributed by atoms with Crippen molar-refractivity contribution in [3.05, 3.63) is 64.2 Å². The summed E-state index contributed by atoms with van der Waals surface area (Å²) < 4.78 is 11.9. The summed E-state index contributed by atoms with van der Waals surface area (Å²) in [7, 11) is 1.74. The van der Waals surface area contributed by atoms with E-state index in [4.69, 9.17) is 9.47 Å². The van der Waals surface area contributed by atoms with E-state index in [1.54, 1.807) is 19.2 Å². The van der Waals surface area contributed by atoms with Gasteiger partial charge < -0.3 is 14.6 Å². The van der Waals surface area contributed by atoms with Crippen molar-refractivity contribution in [2.75, 3.05) is 7.11 Å². The van der Waals surface area contributed by atoms with E-state index in [-0.39, 0.29) is 11.9 Å². The molecule has 0 amide bonds. The minimum Gasteiger partial charge on any atom is -0.508 e. The van der Waals surface area contributed by atoms with E-state index >= 15 is 0 Å². The van der Waals surface area contributed by atoms with E-state index in [0.717, 1.165) is 30.8 Å². The number of benzene rings is 2. The maximum atomic E-state index is 9.76. The van der Waals surface area contributed by atoms with Crippen LogP contribution in [0.5, 0.6) is 17.2 Å². The molecule has 1 heterocycles. The molecule has 0 bridgehead atoms. The Balaban J connectivity index is 1.75. The highest BCUT2D eigenvalue weighted by atomic mass is 16.5. The van der Waals surface area contributed by atoms with Crippen LogP contribution < -0.4 is 9.47 Å². The number of hydrogen-bond acceptors (Lipinski definition) is 3. The van der Waals surface area contributed by atoms with Crippen LogP contribution in [-0.4, -0.2) is 12.2 Å². The zero-order valence-corrected chi connectivity index (χ0v) is 15.0. The van der Waals surface area contributed by atoms with Gasteiger partial charge in [0.25, 0.3) is 0 Å². The summed E-state index contributed by atoms with van der Waals surface area (Å²) in [5.74, 6) is 2.41. The van der Waals surface area contributed by atoms with E-state index in [1.165, 1.54) is 27.8 Å². The Morgan fingerprint density at radius 2 is 2.08 bits per heavy atom. The minimum atomic E-state index is 0.0388. The smallest absolute Gasteiger partial charge is 0.131 e. The Morgan fingerprint density at radius 1 is 1.24 bits per heavy atom. The lowest BCUT2D eigenvalue weighted by atomic mass is 9.78. The van der Waals surface area contributed by atoms with Gasteiger partial charge in [-0.2, -0.15) is 0 Å². The van der Waals surface area contributed by atoms with Crippen molar-refractivity contribution in [1.29, 1.82) is 0 Å². The second-order valence-electron chi connectivity index (χ2n) is 7.25. The fourth-order valence-corrected chi connectivity index (χ4v) is 4.04. The Labute approximate surface area is 148 Å². The molecule has 0 saturated heterocycles. The third kappa shape index (κ3) is 2.78. The van der Waals surface area contributed by atoms with Gasteiger partial charge in [0.2, 0.25) is 0 Å². The molecule has 0 radical (unpaired) electrons. The first-order valence-corrected chi connectivity index (χ1v) is 8.89. The topological polar surface area (TPSA) is 38.7 Å². The van der Waals surface area contributed by atoms with Crippen LogP contribution in [0.4, 0.5) is 0 Å². The summed E-state index contributed by atoms with van der Waals surface area (Å²) in [6.45, 7) is 4.23. The zero-order chi connectivity index (χ0) is 17.6. The largest absolute Gasteiger partial charge is 0.508 e. The number of aromatic hydroxyl groups is 1. The molecule has 2 aliphatic rings. The summed E-state index contributed by atoms with van der Waals surface area (Å²) in [5, 5.41) is 9.76. The highest BCUT2D eigenvalue weighted by molar-refractivity contribution is 5.52. The van der Waals surface area contributed by atoms with Crippen LogP contribution >= 0.6 is 0 Å². The van der Waals surface area contributed by atoms with Gasteiger partial charge in [-0.3, -0.25) is 0 Å². The molecule has 25 heavy (non-hydrogen) atoms. The maximum Gasteiger partial charge on any atom is 0.131 e. The normalized spacial score (nSPS) is 20.1. The number of hydrogen-bond donors (Lipinski definition) is 1. The summed E-state index contributed by atoms with van der Waals surface area (Å²) in [4.78, 5) is 0. The zero-order valence-electron chi connectivity index (χ0n) is 15.0. The van der Waals surface area contributed by atoms with Gasteiger partial charge in [-0.15, -0.1) is 0 Å². The average molecular weight is 336 g/mol. The van der Waals surface area contributed by atoms with Crippen molar-refractivity contribution in [2.24, 2.45) is 0 Å². The van der Waals surface area contributed by atoms with Gasteiger partial charge >= 0.3 is 0 Å². The molecule has 1 aliphatic heterocycles. The van der Waals surface area contributed by atoms with E-state index in [1.807, 2.05) is 6.07 Å². The van der Waals surface area contributed by atoms with Crippen LogP contribution in [0, 0.1) is 0 Å². The summed E-state index contributed by atoms with van der Waals surface area (Å²) >= 11 is 0. The van der Waals surface area contributed by atoms with Crippen molar-refractivity contribution in [3.63, 3.8) is 0 Å². The molecular formula is C22H24O3. The molecule has 2 atom stereocenters. The quantitative estimate of drug-likeness (QED) is 0.795. The van der Waals surface area contributed by atoms with Crippen LogP contribution in [0.3, 0.4) is 0 Å². The minimum absolute atomic E-state index is 0.0388. The van der Waals surface area contributed by atoms with E-state index in [0.29, 0.717) is 5.92 Å². The van der Waals surface area contributed by atoms with E-state index in [9.17, 15) is 5.11 Å². The number of phenolic OH excluding ortho intramolecular Hbond substituents is 1. The van der Waals surface area contributed by atoms with Crippen molar-refractivity contribution in [3.8, 4) is 17.2 Å². The third-order valence-corrected chi connectivity index (χ3v) is 5.32. The van der Waals surface area contributed by atoms with Crippen LogP contribution in [0.15, 0.2) is 42.0 Å². The Morgan fingerprint density at radius 3 is 2.84 bits per heavy atom. The predicted molar refractivity (Wildman–Crippen MR) is 98.7 cm³/mol. The highest BCUT2D eigenvalue weighted by Gasteiger charge is 2.39. The molecule has 130 valence electrons. The second-order valence-corrected chi connectivity index (χ2v) is 7.25. The maximum absolute atomic E-state index is 9.76. The van der Waals surface area contributed by atoms with Gasteiger partial charge in [-0.25, -0.2) is 0 Å². The van der Waals surface area contributed by atoms with Gasteiger partial charge in [-0.1, -0.05) is 17.7 Å². The summed E-state index contributed by atoms with van der Waals surface area (Å²) in [6.07, 6.45) is 5.22. The van der Waals surface area contributed by atoms with E-state index in [2.05, 4.69) is 32.1 Å². The molecule has 0 fully saturated rings. The second kappa shape index (κ2) is 6.14. The lowest BCUT2D eigenvalue weighted by Gasteiger charge is -2.28. The Bertz CT molecular complexity index is 847. The van der Waals surface area contributed by atoms with E-state index < -0.39 is 0 Å². The molecule has 0 spiro atoms. The van der Waals surface area contributed by atoms with Gasteiger partial charge in [0, 0.05) is 17.5 Å². The molecule has 2 aromatic rings. The number of aryl methyl sites for hydroxylation is 1. The molecule has 3 nitrogen and oxygen atoms in total. The third-order valence-electron chi connectivity index (χ3n) is 5.32. The number of rotatable bonds is 3. The number of phenols is 1. The number of ether oxygens (including phenoxy) is 2. The Hall–Kier alpha value is -2.42. The first-order valence-electron chi connectivity index (χ1n) is 8.89. The fourth-order valence-electron chi connectivity index (χ4n) is 4.04. The number of methoxy groups -OCH3 is 1. The highest BCUT2D eigenvalue weighted by Crippen LogP contribution is 2.53. The molecule has 4 rings (SSSR count). The standard InChI is InChI=1S/C22H24O3/c1-13(2)4-5-15-10-19-14(11-20(15)24-3)6-8-18-17-9-7-16(23)12-21(17)25-22(18)19/h4,7,9-12,18,22-23H,5-6,8H2,1-3H3/t18-,22+/m0/s1. The summed E-state index contributed by atoms with van der Waals surface area (Å²) in [6, 6.07) is 9.95. The van der Waals surface area contributed by atoms with Crippen molar-refractivity contribution >= 4 is 0 Å². The van der Waals surface area contributed by atoms with Gasteiger partial charge in [0.05, 0.1) is 7.11 Å². The van der Waals surface area contributed by atoms with Gasteiger partial charge in [-0.05, 0) is 68.0 Å². The SMILES string of the molecule is COc1cc2c(cc1CC=C(C)C)[C@@H]1Oc3cc(O)ccc3[C@@H]1CC2. The molecule has 1 aliphatic carbocycles. The monoisotopic (exact) mass is 336 g/mol. The first-order chi connectivity index (χ1) is 12.1. The molecule has 1 N–H and O–H groups in total. The molecular weight excluding hydrogens is 312 g/mol. The lowest BCUT2D eigenvalue weighted by Crippen LogP contribution is -2.19. The summed E-state index contributed by atoms with van der Waals surface area (Å²) in [5.41, 5.74) is 6.30. The number of allylic oxidation sites excluding steroid dienone is 2. The molecule has 3 heteroatoms. The molecule has 0 aromatic heterocycles. The van der Waals surface area contributed by atoms with Crippen molar-refractivity contribution in [1.82, 2.24) is 0 Å². The van der Waals surface area contributed by atoms with Crippen LogP contribution in [0.1, 0.15) is 54.5 Å². The average Bonchev–Trinajstić information content (AvgIpc) is 2.96. The van der Waals surface area contributed by atoms with Crippen molar-refractivity contribution < 1.29 is 14.6 Å². The van der Waals surface area contributed by atoms with Crippen LogP contribution in [-0.2, 0) is 12.8 Å². The fraction of sp³-hybridized carbons (Fsp3) is 0.364. The van der Waals surface area contributed by atoms with Crippen LogP contribution in [0.25, 0.3) is 0 Å². The molecule has 0 unspecified atom stereocenters. The predicted octanol–water partition coefficient (Wildman–Crippen LogP) is 5.07. The number of fused-ring (bicyclic) bond motifs is 5.